The molecule has 0 heterocycles. The molecule has 19 heavy (non-hydrogen) atoms. The lowest BCUT2D eigenvalue weighted by molar-refractivity contribution is 0.475. The van der Waals surface area contributed by atoms with Gasteiger partial charge in [-0.2, -0.15) is 0 Å². The summed E-state index contributed by atoms with van der Waals surface area (Å²) in [6.45, 7) is 4.11. The Bertz CT molecular complexity index is 478. The summed E-state index contributed by atoms with van der Waals surface area (Å²) < 4.78 is 0. The molecule has 0 aliphatic carbocycles. The monoisotopic (exact) mass is 255 g/mol. The van der Waals surface area contributed by atoms with E-state index in [1.807, 2.05) is 12.1 Å². The summed E-state index contributed by atoms with van der Waals surface area (Å²) in [7, 11) is 0. The number of hydrogen-bond donors (Lipinski definition) is 2. The van der Waals surface area contributed by atoms with Crippen molar-refractivity contribution in [2.24, 2.45) is 0 Å². The topological polar surface area (TPSA) is 32.3 Å². The summed E-state index contributed by atoms with van der Waals surface area (Å²) >= 11 is 0. The minimum atomic E-state index is 0.321. The largest absolute Gasteiger partial charge is 0.508 e. The van der Waals surface area contributed by atoms with E-state index in [2.05, 4.69) is 42.6 Å². The summed E-state index contributed by atoms with van der Waals surface area (Å²) in [4.78, 5) is 0. The Balaban J connectivity index is 1.71. The van der Waals surface area contributed by atoms with Gasteiger partial charge in [0, 0.05) is 6.54 Å². The Morgan fingerprint density at radius 3 is 2.37 bits per heavy atom. The summed E-state index contributed by atoms with van der Waals surface area (Å²) in [5.41, 5.74) is 2.60. The second kappa shape index (κ2) is 6.95. The summed E-state index contributed by atoms with van der Waals surface area (Å²) in [6, 6.07) is 18.0. The van der Waals surface area contributed by atoms with Gasteiger partial charge >= 0.3 is 0 Å². The third-order valence-corrected chi connectivity index (χ3v) is 3.39. The van der Waals surface area contributed by atoms with E-state index in [1.165, 1.54) is 11.1 Å². The maximum absolute atomic E-state index is 9.21. The van der Waals surface area contributed by atoms with Gasteiger partial charge in [0.2, 0.25) is 0 Å². The highest BCUT2D eigenvalue weighted by atomic mass is 16.3. The van der Waals surface area contributed by atoms with Crippen LogP contribution in [-0.4, -0.2) is 11.7 Å². The second-order valence-electron chi connectivity index (χ2n) is 4.94. The first kappa shape index (κ1) is 13.6. The number of phenolic OH excluding ortho intramolecular Hbond substituents is 1. The first-order chi connectivity index (χ1) is 9.25. The van der Waals surface area contributed by atoms with Crippen molar-refractivity contribution in [2.45, 2.75) is 25.8 Å². The van der Waals surface area contributed by atoms with Crippen LogP contribution in [0, 0.1) is 0 Å². The molecule has 0 aromatic heterocycles. The molecule has 0 bridgehead atoms. The van der Waals surface area contributed by atoms with Crippen LogP contribution in [0.2, 0.25) is 0 Å². The Labute approximate surface area is 115 Å². The fourth-order valence-electron chi connectivity index (χ4n) is 2.11. The lowest BCUT2D eigenvalue weighted by Crippen LogP contribution is -2.16. The molecule has 0 spiro atoms. The molecule has 2 aromatic rings. The molecule has 2 aromatic carbocycles. The van der Waals surface area contributed by atoms with Gasteiger partial charge < -0.3 is 10.4 Å². The van der Waals surface area contributed by atoms with Crippen LogP contribution in [-0.2, 0) is 6.54 Å². The van der Waals surface area contributed by atoms with Crippen LogP contribution in [0.5, 0.6) is 5.75 Å². The van der Waals surface area contributed by atoms with Crippen LogP contribution in [0.3, 0.4) is 0 Å². The van der Waals surface area contributed by atoms with E-state index in [9.17, 15) is 5.11 Å². The number of aromatic hydroxyl groups is 1. The molecule has 0 saturated heterocycles. The molecule has 1 atom stereocenters. The van der Waals surface area contributed by atoms with Gasteiger partial charge in [0.1, 0.15) is 5.75 Å². The predicted molar refractivity (Wildman–Crippen MR) is 79.3 cm³/mol. The van der Waals surface area contributed by atoms with Gasteiger partial charge in [0.05, 0.1) is 0 Å². The zero-order chi connectivity index (χ0) is 13.5. The van der Waals surface area contributed by atoms with E-state index < -0.39 is 0 Å². The van der Waals surface area contributed by atoms with E-state index in [4.69, 9.17) is 0 Å². The molecule has 2 heteroatoms. The highest BCUT2D eigenvalue weighted by Gasteiger charge is 2.03. The van der Waals surface area contributed by atoms with Gasteiger partial charge in [-0.25, -0.2) is 0 Å². The molecule has 2 nitrogen and oxygen atoms in total. The number of benzene rings is 2. The third kappa shape index (κ3) is 4.42. The van der Waals surface area contributed by atoms with E-state index in [-0.39, 0.29) is 0 Å². The molecule has 0 fully saturated rings. The highest BCUT2D eigenvalue weighted by Crippen LogP contribution is 2.17. The Morgan fingerprint density at radius 2 is 1.68 bits per heavy atom. The molecular weight excluding hydrogens is 234 g/mol. The third-order valence-electron chi connectivity index (χ3n) is 3.39. The Kier molecular flexibility index (Phi) is 4.99. The van der Waals surface area contributed by atoms with Crippen molar-refractivity contribution in [1.29, 1.82) is 0 Å². The SMILES string of the molecule is CC(CCNCc1ccc(O)cc1)c1ccccc1. The van der Waals surface area contributed by atoms with Crippen LogP contribution < -0.4 is 5.32 Å². The zero-order valence-electron chi connectivity index (χ0n) is 11.3. The normalized spacial score (nSPS) is 12.3. The molecule has 0 amide bonds. The number of hydrogen-bond acceptors (Lipinski definition) is 2. The molecule has 1 unspecified atom stereocenters. The van der Waals surface area contributed by atoms with Crippen molar-refractivity contribution in [2.75, 3.05) is 6.54 Å². The Hall–Kier alpha value is -1.80. The van der Waals surface area contributed by atoms with Crippen LogP contribution in [0.1, 0.15) is 30.4 Å². The van der Waals surface area contributed by atoms with Crippen LogP contribution in [0.4, 0.5) is 0 Å². The molecule has 2 rings (SSSR count). The standard InChI is InChI=1S/C17H21NO/c1-14(16-5-3-2-4-6-16)11-12-18-13-15-7-9-17(19)10-8-15/h2-10,14,18-19H,11-13H2,1H3. The average molecular weight is 255 g/mol. The molecule has 100 valence electrons. The summed E-state index contributed by atoms with van der Waals surface area (Å²) in [5.74, 6) is 0.898. The smallest absolute Gasteiger partial charge is 0.115 e. The molecule has 0 radical (unpaired) electrons. The van der Waals surface area contributed by atoms with Gasteiger partial charge in [-0.15, -0.1) is 0 Å². The van der Waals surface area contributed by atoms with Crippen molar-refractivity contribution >= 4 is 0 Å². The first-order valence-corrected chi connectivity index (χ1v) is 6.79. The van der Waals surface area contributed by atoms with E-state index in [0.29, 0.717) is 11.7 Å². The summed E-state index contributed by atoms with van der Waals surface area (Å²) in [6.07, 6.45) is 1.13. The van der Waals surface area contributed by atoms with Crippen molar-refractivity contribution in [3.05, 3.63) is 65.7 Å². The van der Waals surface area contributed by atoms with Crippen molar-refractivity contribution < 1.29 is 5.11 Å². The van der Waals surface area contributed by atoms with Crippen molar-refractivity contribution in [3.8, 4) is 5.75 Å². The average Bonchev–Trinajstić information content (AvgIpc) is 2.46. The van der Waals surface area contributed by atoms with Gasteiger partial charge in [0.25, 0.3) is 0 Å². The molecule has 0 aliphatic heterocycles. The minimum Gasteiger partial charge on any atom is -0.508 e. The number of nitrogens with one attached hydrogen (secondary N) is 1. The lowest BCUT2D eigenvalue weighted by atomic mass is 9.98. The van der Waals surface area contributed by atoms with Gasteiger partial charge in [-0.3, -0.25) is 0 Å². The second-order valence-corrected chi connectivity index (χ2v) is 4.94. The molecular formula is C17H21NO. The minimum absolute atomic E-state index is 0.321. The van der Waals surface area contributed by atoms with E-state index >= 15 is 0 Å². The van der Waals surface area contributed by atoms with Gasteiger partial charge in [-0.1, -0.05) is 49.4 Å². The predicted octanol–water partition coefficient (Wildman–Crippen LogP) is 3.68. The molecule has 0 saturated carbocycles. The highest BCUT2D eigenvalue weighted by molar-refractivity contribution is 5.25. The number of rotatable bonds is 6. The maximum atomic E-state index is 9.21. The number of phenols is 1. The van der Waals surface area contributed by atoms with E-state index in [0.717, 1.165) is 19.5 Å². The fourth-order valence-corrected chi connectivity index (χ4v) is 2.11. The maximum Gasteiger partial charge on any atom is 0.115 e. The molecule has 2 N–H and O–H groups in total. The quantitative estimate of drug-likeness (QED) is 0.772. The van der Waals surface area contributed by atoms with Gasteiger partial charge in [0.15, 0.2) is 0 Å². The van der Waals surface area contributed by atoms with Crippen LogP contribution in [0.15, 0.2) is 54.6 Å². The molecule has 0 aliphatic rings. The fraction of sp³-hybridized carbons (Fsp3) is 0.294. The van der Waals surface area contributed by atoms with Crippen molar-refractivity contribution in [1.82, 2.24) is 5.32 Å². The first-order valence-electron chi connectivity index (χ1n) is 6.79. The lowest BCUT2D eigenvalue weighted by Gasteiger charge is -2.12. The van der Waals surface area contributed by atoms with Gasteiger partial charge in [-0.05, 0) is 42.1 Å². The van der Waals surface area contributed by atoms with E-state index in [1.54, 1.807) is 12.1 Å². The van der Waals surface area contributed by atoms with Crippen LogP contribution in [0.25, 0.3) is 0 Å². The van der Waals surface area contributed by atoms with Crippen LogP contribution >= 0.6 is 0 Å². The zero-order valence-corrected chi connectivity index (χ0v) is 11.3. The van der Waals surface area contributed by atoms with Crippen molar-refractivity contribution in [3.63, 3.8) is 0 Å². The Morgan fingerprint density at radius 1 is 1.00 bits per heavy atom. The summed E-state index contributed by atoms with van der Waals surface area (Å²) in [5, 5.41) is 12.6.